The molecule has 19 heavy (non-hydrogen) atoms. The van der Waals surface area contributed by atoms with Gasteiger partial charge in [0.1, 0.15) is 0 Å². The smallest absolute Gasteiger partial charge is 0.317 e. The Kier molecular flexibility index (Phi) is 3.19. The maximum Gasteiger partial charge on any atom is 0.317 e. The van der Waals surface area contributed by atoms with E-state index in [-0.39, 0.29) is 6.03 Å². The average Bonchev–Trinajstić information content (AvgIpc) is 3.23. The predicted octanol–water partition coefficient (Wildman–Crippen LogP) is 1.26. The highest BCUT2D eigenvalue weighted by atomic mass is 16.2. The molecular formula is C14H20N4O. The molecule has 1 aromatic rings. The van der Waals surface area contributed by atoms with Crippen LogP contribution in [0.1, 0.15) is 12.8 Å². The molecule has 1 saturated heterocycles. The van der Waals surface area contributed by atoms with E-state index in [0.29, 0.717) is 6.04 Å². The Morgan fingerprint density at radius 2 is 1.95 bits per heavy atom. The minimum absolute atomic E-state index is 0.0923. The molecule has 0 spiro atoms. The largest absolute Gasteiger partial charge is 0.399 e. The van der Waals surface area contributed by atoms with E-state index < -0.39 is 0 Å². The lowest BCUT2D eigenvalue weighted by Crippen LogP contribution is -2.52. The molecule has 0 atom stereocenters. The number of carbonyl (C=O) groups excluding carboxylic acids is 1. The number of urea groups is 1. The Labute approximate surface area is 113 Å². The second-order valence-corrected chi connectivity index (χ2v) is 5.29. The van der Waals surface area contributed by atoms with Crippen molar-refractivity contribution in [2.75, 3.05) is 36.8 Å². The zero-order valence-electron chi connectivity index (χ0n) is 11.0. The van der Waals surface area contributed by atoms with Crippen molar-refractivity contribution in [1.29, 1.82) is 0 Å². The van der Waals surface area contributed by atoms with Gasteiger partial charge in [-0.1, -0.05) is 6.07 Å². The second kappa shape index (κ2) is 4.99. The summed E-state index contributed by atoms with van der Waals surface area (Å²) in [7, 11) is 0. The average molecular weight is 260 g/mol. The van der Waals surface area contributed by atoms with Gasteiger partial charge in [-0.3, -0.25) is 0 Å². The molecular weight excluding hydrogens is 240 g/mol. The summed E-state index contributed by atoms with van der Waals surface area (Å²) in [4.78, 5) is 16.1. The van der Waals surface area contributed by atoms with Crippen molar-refractivity contribution in [3.05, 3.63) is 24.3 Å². The lowest BCUT2D eigenvalue weighted by molar-refractivity contribution is 0.194. The summed E-state index contributed by atoms with van der Waals surface area (Å²) in [5, 5.41) is 3.04. The topological polar surface area (TPSA) is 61.6 Å². The van der Waals surface area contributed by atoms with Crippen molar-refractivity contribution < 1.29 is 4.79 Å². The fraction of sp³-hybridized carbons (Fsp3) is 0.500. The van der Waals surface area contributed by atoms with Crippen LogP contribution in [0.15, 0.2) is 24.3 Å². The van der Waals surface area contributed by atoms with E-state index in [1.807, 2.05) is 23.1 Å². The first-order chi connectivity index (χ1) is 9.22. The van der Waals surface area contributed by atoms with Crippen molar-refractivity contribution in [1.82, 2.24) is 10.2 Å². The number of nitrogen functional groups attached to an aromatic ring is 1. The third-order valence-electron chi connectivity index (χ3n) is 3.71. The number of rotatable bonds is 2. The van der Waals surface area contributed by atoms with Crippen LogP contribution in [0.4, 0.5) is 16.2 Å². The summed E-state index contributed by atoms with van der Waals surface area (Å²) in [6.07, 6.45) is 2.27. The molecule has 1 aliphatic heterocycles. The van der Waals surface area contributed by atoms with Gasteiger partial charge in [0.2, 0.25) is 0 Å². The van der Waals surface area contributed by atoms with Gasteiger partial charge in [-0.15, -0.1) is 0 Å². The monoisotopic (exact) mass is 260 g/mol. The number of hydrogen-bond donors (Lipinski definition) is 2. The number of benzene rings is 1. The van der Waals surface area contributed by atoms with Crippen LogP contribution in [-0.2, 0) is 0 Å². The van der Waals surface area contributed by atoms with Gasteiger partial charge >= 0.3 is 6.03 Å². The first-order valence-electron chi connectivity index (χ1n) is 6.88. The van der Waals surface area contributed by atoms with E-state index in [1.165, 1.54) is 0 Å². The molecule has 1 aliphatic carbocycles. The molecule has 102 valence electrons. The van der Waals surface area contributed by atoms with Crippen LogP contribution in [0.5, 0.6) is 0 Å². The molecule has 3 rings (SSSR count). The molecule has 5 heteroatoms. The maximum absolute atomic E-state index is 11.9. The molecule has 3 N–H and O–H groups in total. The summed E-state index contributed by atoms with van der Waals surface area (Å²) in [6.45, 7) is 3.27. The van der Waals surface area contributed by atoms with Gasteiger partial charge in [0.05, 0.1) is 0 Å². The van der Waals surface area contributed by atoms with Gasteiger partial charge in [0.25, 0.3) is 0 Å². The highest BCUT2D eigenvalue weighted by Gasteiger charge is 2.27. The third-order valence-corrected chi connectivity index (χ3v) is 3.71. The van der Waals surface area contributed by atoms with Crippen LogP contribution in [0.2, 0.25) is 0 Å². The highest BCUT2D eigenvalue weighted by molar-refractivity contribution is 5.75. The van der Waals surface area contributed by atoms with Crippen LogP contribution in [0.25, 0.3) is 0 Å². The summed E-state index contributed by atoms with van der Waals surface area (Å²) in [6, 6.07) is 8.43. The third kappa shape index (κ3) is 2.92. The maximum atomic E-state index is 11.9. The van der Waals surface area contributed by atoms with Crippen molar-refractivity contribution in [2.45, 2.75) is 18.9 Å². The van der Waals surface area contributed by atoms with E-state index in [2.05, 4.69) is 16.3 Å². The fourth-order valence-electron chi connectivity index (χ4n) is 2.38. The van der Waals surface area contributed by atoms with Crippen LogP contribution in [0.3, 0.4) is 0 Å². The Morgan fingerprint density at radius 3 is 2.58 bits per heavy atom. The normalized spacial score (nSPS) is 19.4. The van der Waals surface area contributed by atoms with E-state index in [4.69, 9.17) is 5.73 Å². The van der Waals surface area contributed by atoms with Gasteiger partial charge in [0.15, 0.2) is 0 Å². The standard InChI is InChI=1S/C14H20N4O/c15-11-2-1-3-13(10-11)17-6-8-18(9-7-17)14(19)16-12-4-5-12/h1-3,10,12H,4-9,15H2,(H,16,19). The molecule has 2 aliphatic rings. The summed E-state index contributed by atoms with van der Waals surface area (Å²) < 4.78 is 0. The van der Waals surface area contributed by atoms with Crippen LogP contribution < -0.4 is 16.0 Å². The summed E-state index contributed by atoms with van der Waals surface area (Å²) >= 11 is 0. The Bertz CT molecular complexity index is 464. The first kappa shape index (κ1) is 12.1. The number of nitrogens with two attached hydrogens (primary N) is 1. The molecule has 0 bridgehead atoms. The zero-order chi connectivity index (χ0) is 13.2. The van der Waals surface area contributed by atoms with Crippen molar-refractivity contribution >= 4 is 17.4 Å². The minimum Gasteiger partial charge on any atom is -0.399 e. The summed E-state index contributed by atoms with van der Waals surface area (Å²) in [5.41, 5.74) is 7.73. The van der Waals surface area contributed by atoms with Gasteiger partial charge < -0.3 is 20.9 Å². The molecule has 0 radical (unpaired) electrons. The van der Waals surface area contributed by atoms with Gasteiger partial charge in [-0.25, -0.2) is 4.79 Å². The predicted molar refractivity (Wildman–Crippen MR) is 76.2 cm³/mol. The Morgan fingerprint density at radius 1 is 1.21 bits per heavy atom. The van der Waals surface area contributed by atoms with Crippen molar-refractivity contribution in [3.8, 4) is 0 Å². The molecule has 2 fully saturated rings. The first-order valence-corrected chi connectivity index (χ1v) is 6.88. The number of nitrogens with zero attached hydrogens (tertiary/aromatic N) is 2. The molecule has 1 heterocycles. The van der Waals surface area contributed by atoms with Crippen molar-refractivity contribution in [2.24, 2.45) is 0 Å². The van der Waals surface area contributed by atoms with Gasteiger partial charge in [0, 0.05) is 43.6 Å². The molecule has 0 aromatic heterocycles. The SMILES string of the molecule is Nc1cccc(N2CCN(C(=O)NC3CC3)CC2)c1. The quantitative estimate of drug-likeness (QED) is 0.787. The van der Waals surface area contributed by atoms with E-state index >= 15 is 0 Å². The van der Waals surface area contributed by atoms with Crippen molar-refractivity contribution in [3.63, 3.8) is 0 Å². The number of anilines is 2. The Balaban J connectivity index is 1.55. The number of amides is 2. The Hall–Kier alpha value is -1.91. The molecule has 5 nitrogen and oxygen atoms in total. The molecule has 2 amide bonds. The minimum atomic E-state index is 0.0923. The number of nitrogens with one attached hydrogen (secondary N) is 1. The number of piperazine rings is 1. The van der Waals surface area contributed by atoms with Gasteiger partial charge in [-0.05, 0) is 31.0 Å². The van der Waals surface area contributed by atoms with Crippen LogP contribution in [0, 0.1) is 0 Å². The van der Waals surface area contributed by atoms with E-state index in [1.54, 1.807) is 0 Å². The van der Waals surface area contributed by atoms with Crippen LogP contribution >= 0.6 is 0 Å². The summed E-state index contributed by atoms with van der Waals surface area (Å²) in [5.74, 6) is 0. The second-order valence-electron chi connectivity index (χ2n) is 5.29. The fourth-order valence-corrected chi connectivity index (χ4v) is 2.38. The molecule has 1 aromatic carbocycles. The highest BCUT2D eigenvalue weighted by Crippen LogP contribution is 2.21. The molecule has 0 unspecified atom stereocenters. The van der Waals surface area contributed by atoms with E-state index in [0.717, 1.165) is 50.4 Å². The van der Waals surface area contributed by atoms with E-state index in [9.17, 15) is 4.79 Å². The number of carbonyl (C=O) groups is 1. The van der Waals surface area contributed by atoms with Gasteiger partial charge in [-0.2, -0.15) is 0 Å². The number of hydrogen-bond acceptors (Lipinski definition) is 3. The lowest BCUT2D eigenvalue weighted by Gasteiger charge is -2.36. The lowest BCUT2D eigenvalue weighted by atomic mass is 10.2. The van der Waals surface area contributed by atoms with Crippen LogP contribution in [-0.4, -0.2) is 43.2 Å². The zero-order valence-corrected chi connectivity index (χ0v) is 11.0. The molecule has 1 saturated carbocycles.